The Balaban J connectivity index is 1.28. The van der Waals surface area contributed by atoms with Crippen molar-refractivity contribution < 1.29 is 14.6 Å². The number of aliphatic hydroxyl groups is 1. The van der Waals surface area contributed by atoms with Gasteiger partial charge in [0.15, 0.2) is 5.60 Å². The monoisotopic (exact) mass is 408 g/mol. The Hall–Kier alpha value is -2.37. The minimum Gasteiger partial charge on any atom is -0.487 e. The summed E-state index contributed by atoms with van der Waals surface area (Å²) in [6.07, 6.45) is 3.26. The molecule has 2 aromatic carbocycles. The number of carbonyl (C=O) groups is 1. The van der Waals surface area contributed by atoms with Crippen molar-refractivity contribution in [1.29, 1.82) is 0 Å². The molecule has 0 bridgehead atoms. The molecule has 30 heavy (non-hydrogen) atoms. The maximum Gasteiger partial charge on any atom is 0.255 e. The van der Waals surface area contributed by atoms with Crippen LogP contribution in [0.3, 0.4) is 0 Å². The third-order valence-electron chi connectivity index (χ3n) is 6.27. The van der Waals surface area contributed by atoms with Crippen LogP contribution in [-0.4, -0.2) is 65.2 Å². The molecule has 2 saturated heterocycles. The van der Waals surface area contributed by atoms with E-state index in [-0.39, 0.29) is 12.0 Å². The largest absolute Gasteiger partial charge is 0.487 e. The summed E-state index contributed by atoms with van der Waals surface area (Å²) in [4.78, 5) is 17.0. The Morgan fingerprint density at radius 3 is 2.60 bits per heavy atom. The van der Waals surface area contributed by atoms with Crippen LogP contribution in [0, 0.1) is 0 Å². The maximum atomic E-state index is 13.0. The number of ether oxygens (including phenoxy) is 1. The number of likely N-dealkylation sites (tertiary alicyclic amines) is 2. The molecule has 2 fully saturated rings. The zero-order chi connectivity index (χ0) is 21.0. The van der Waals surface area contributed by atoms with Crippen LogP contribution in [0.1, 0.15) is 30.9 Å². The van der Waals surface area contributed by atoms with Crippen LogP contribution in [0.2, 0.25) is 0 Å². The van der Waals surface area contributed by atoms with Gasteiger partial charge < -0.3 is 14.7 Å². The predicted octanol–water partition coefficient (Wildman–Crippen LogP) is 2.91. The van der Waals surface area contributed by atoms with Crippen LogP contribution >= 0.6 is 0 Å². The van der Waals surface area contributed by atoms with E-state index in [9.17, 15) is 9.90 Å². The maximum absolute atomic E-state index is 13.0. The Bertz CT molecular complexity index is 850. The molecule has 2 heterocycles. The van der Waals surface area contributed by atoms with Crippen LogP contribution in [0.5, 0.6) is 5.75 Å². The summed E-state index contributed by atoms with van der Waals surface area (Å²) in [6, 6.07) is 18.3. The molecule has 1 amide bonds. The van der Waals surface area contributed by atoms with Gasteiger partial charge in [0, 0.05) is 32.7 Å². The van der Waals surface area contributed by atoms with Crippen molar-refractivity contribution in [3.05, 3.63) is 65.7 Å². The summed E-state index contributed by atoms with van der Waals surface area (Å²) >= 11 is 0. The van der Waals surface area contributed by atoms with Gasteiger partial charge in [0.1, 0.15) is 11.9 Å². The van der Waals surface area contributed by atoms with Crippen molar-refractivity contribution in [2.75, 3.05) is 32.7 Å². The highest BCUT2D eigenvalue weighted by Gasteiger charge is 2.45. The minimum absolute atomic E-state index is 0.120. The van der Waals surface area contributed by atoms with E-state index < -0.39 is 5.60 Å². The molecular formula is C25H32N2O3. The Labute approximate surface area is 179 Å². The molecule has 0 radical (unpaired) electrons. The van der Waals surface area contributed by atoms with E-state index in [1.807, 2.05) is 41.3 Å². The van der Waals surface area contributed by atoms with Crippen LogP contribution in [-0.2, 0) is 17.6 Å². The van der Waals surface area contributed by atoms with Crippen molar-refractivity contribution in [3.8, 4) is 5.75 Å². The van der Waals surface area contributed by atoms with Gasteiger partial charge in [-0.25, -0.2) is 0 Å². The van der Waals surface area contributed by atoms with Gasteiger partial charge in [-0.1, -0.05) is 55.5 Å². The average Bonchev–Trinajstić information content (AvgIpc) is 2.74. The lowest BCUT2D eigenvalue weighted by Crippen LogP contribution is -2.64. The van der Waals surface area contributed by atoms with E-state index in [0.717, 1.165) is 44.6 Å². The molecule has 160 valence electrons. The number of rotatable bonds is 8. The van der Waals surface area contributed by atoms with Crippen LogP contribution in [0.25, 0.3) is 0 Å². The van der Waals surface area contributed by atoms with E-state index >= 15 is 0 Å². The van der Waals surface area contributed by atoms with Crippen LogP contribution < -0.4 is 4.74 Å². The van der Waals surface area contributed by atoms with Crippen molar-refractivity contribution in [2.24, 2.45) is 0 Å². The summed E-state index contributed by atoms with van der Waals surface area (Å²) in [5.74, 6) is 0.828. The molecule has 2 aliphatic heterocycles. The number of amides is 1. The lowest BCUT2D eigenvalue weighted by atomic mass is 9.89. The molecule has 2 aliphatic rings. The fraction of sp³-hybridized carbons (Fsp3) is 0.480. The summed E-state index contributed by atoms with van der Waals surface area (Å²) < 4.78 is 6.14. The first-order chi connectivity index (χ1) is 14.6. The summed E-state index contributed by atoms with van der Waals surface area (Å²) in [5.41, 5.74) is 1.15. The minimum atomic E-state index is -1.28. The molecular weight excluding hydrogens is 376 g/mol. The fourth-order valence-corrected chi connectivity index (χ4v) is 4.52. The Morgan fingerprint density at radius 2 is 1.83 bits per heavy atom. The van der Waals surface area contributed by atoms with Crippen molar-refractivity contribution in [3.63, 3.8) is 0 Å². The average molecular weight is 409 g/mol. The number of aryl methyl sites for hydroxylation is 1. The molecule has 0 aromatic heterocycles. The molecule has 1 atom stereocenters. The second kappa shape index (κ2) is 9.19. The molecule has 0 saturated carbocycles. The number of β-amino-alcohol motifs (C(OH)–C–C–N with tert-alkyl or cyclic N) is 1. The zero-order valence-corrected chi connectivity index (χ0v) is 17.8. The number of benzene rings is 2. The molecule has 1 N–H and O–H groups in total. The Kier molecular flexibility index (Phi) is 6.40. The molecule has 0 aliphatic carbocycles. The standard InChI is InChI=1S/C25H32N2O3/c1-2-21-11-6-7-12-23(21)30-22-17-26(18-22)19-25(29)14-8-15-27(24(25)28)16-13-20-9-4-3-5-10-20/h3-7,9-12,22,29H,2,8,13-19H2,1H3/t25-/m1/s1. The highest BCUT2D eigenvalue weighted by molar-refractivity contribution is 5.86. The smallest absolute Gasteiger partial charge is 0.255 e. The molecule has 0 unspecified atom stereocenters. The van der Waals surface area contributed by atoms with Gasteiger partial charge in [0.25, 0.3) is 5.91 Å². The van der Waals surface area contributed by atoms with E-state index in [1.165, 1.54) is 11.1 Å². The van der Waals surface area contributed by atoms with Gasteiger partial charge in [-0.2, -0.15) is 0 Å². The van der Waals surface area contributed by atoms with Gasteiger partial charge in [-0.3, -0.25) is 9.69 Å². The molecule has 5 heteroatoms. The zero-order valence-electron chi connectivity index (χ0n) is 17.8. The number of hydrogen-bond acceptors (Lipinski definition) is 4. The second-order valence-corrected chi connectivity index (χ2v) is 8.56. The number of para-hydroxylation sites is 1. The quantitative estimate of drug-likeness (QED) is 0.730. The van der Waals surface area contributed by atoms with E-state index in [0.29, 0.717) is 19.5 Å². The third kappa shape index (κ3) is 4.68. The highest BCUT2D eigenvalue weighted by atomic mass is 16.5. The van der Waals surface area contributed by atoms with Gasteiger partial charge in [0.2, 0.25) is 0 Å². The number of nitrogens with zero attached hydrogens (tertiary/aromatic N) is 2. The third-order valence-corrected chi connectivity index (χ3v) is 6.27. The normalized spacial score (nSPS) is 22.7. The topological polar surface area (TPSA) is 53.0 Å². The summed E-state index contributed by atoms with van der Waals surface area (Å²) in [6.45, 7) is 5.40. The van der Waals surface area contributed by atoms with E-state index in [4.69, 9.17) is 4.74 Å². The van der Waals surface area contributed by atoms with E-state index in [1.54, 1.807) is 0 Å². The fourth-order valence-electron chi connectivity index (χ4n) is 4.52. The predicted molar refractivity (Wildman–Crippen MR) is 118 cm³/mol. The SMILES string of the molecule is CCc1ccccc1OC1CN(C[C@]2(O)CCCN(CCc3ccccc3)C2=O)C1. The van der Waals surface area contributed by atoms with Crippen molar-refractivity contribution in [2.45, 2.75) is 44.3 Å². The lowest BCUT2D eigenvalue weighted by molar-refractivity contribution is -0.162. The second-order valence-electron chi connectivity index (χ2n) is 8.56. The van der Waals surface area contributed by atoms with Gasteiger partial charge in [-0.15, -0.1) is 0 Å². The molecule has 4 rings (SSSR count). The van der Waals surface area contributed by atoms with Gasteiger partial charge in [0.05, 0.1) is 0 Å². The van der Waals surface area contributed by atoms with Crippen molar-refractivity contribution in [1.82, 2.24) is 9.80 Å². The first-order valence-electron chi connectivity index (χ1n) is 11.1. The number of piperidine rings is 1. The van der Waals surface area contributed by atoms with Crippen LogP contribution in [0.15, 0.2) is 54.6 Å². The summed E-state index contributed by atoms with van der Waals surface area (Å²) in [7, 11) is 0. The van der Waals surface area contributed by atoms with E-state index in [2.05, 4.69) is 30.0 Å². The van der Waals surface area contributed by atoms with Crippen molar-refractivity contribution >= 4 is 5.91 Å². The molecule has 0 spiro atoms. The number of hydrogen-bond donors (Lipinski definition) is 1. The van der Waals surface area contributed by atoms with Crippen LogP contribution in [0.4, 0.5) is 0 Å². The molecule has 5 nitrogen and oxygen atoms in total. The first kappa shape index (κ1) is 20.9. The summed E-state index contributed by atoms with van der Waals surface area (Å²) in [5, 5.41) is 11.1. The van der Waals surface area contributed by atoms with Gasteiger partial charge in [-0.05, 0) is 42.9 Å². The van der Waals surface area contributed by atoms with Gasteiger partial charge >= 0.3 is 0 Å². The lowest BCUT2D eigenvalue weighted by Gasteiger charge is -2.45. The highest BCUT2D eigenvalue weighted by Crippen LogP contribution is 2.28. The first-order valence-corrected chi connectivity index (χ1v) is 11.1. The Morgan fingerprint density at radius 1 is 1.10 bits per heavy atom. The molecule has 2 aromatic rings. The number of carbonyl (C=O) groups excluding carboxylic acids is 1.